The van der Waals surface area contributed by atoms with Crippen LogP contribution in [0.5, 0.6) is 0 Å². The van der Waals surface area contributed by atoms with Crippen LogP contribution in [-0.4, -0.2) is 40.5 Å². The molecule has 0 unspecified atom stereocenters. The average Bonchev–Trinajstić information content (AvgIpc) is 2.52. The normalized spacial score (nSPS) is 11.7. The molecule has 132 valence electrons. The van der Waals surface area contributed by atoms with E-state index in [9.17, 15) is 8.42 Å². The summed E-state index contributed by atoms with van der Waals surface area (Å²) < 4.78 is 36.3. The molecule has 0 saturated carbocycles. The Morgan fingerprint density at radius 3 is 1.91 bits per heavy atom. The summed E-state index contributed by atoms with van der Waals surface area (Å²) in [5.41, 5.74) is 0. The molecule has 1 aromatic carbocycles. The average molecular weight is 456 g/mol. The van der Waals surface area contributed by atoms with Crippen molar-refractivity contribution < 1.29 is 17.2 Å². The topological polar surface area (TPSA) is 63.6 Å². The van der Waals surface area contributed by atoms with Gasteiger partial charge in [0.25, 0.3) is 0 Å². The van der Waals surface area contributed by atoms with Crippen LogP contribution in [0.4, 0.5) is 0 Å². The molecule has 0 heterocycles. The van der Waals surface area contributed by atoms with E-state index < -0.39 is 10.4 Å². The maximum atomic E-state index is 10.3. The van der Waals surface area contributed by atoms with Crippen molar-refractivity contribution in [2.45, 2.75) is 62.3 Å². The molecule has 0 aliphatic heterocycles. The molecule has 0 aromatic heterocycles. The van der Waals surface area contributed by atoms with Crippen molar-refractivity contribution in [3.05, 3.63) is 30.3 Å². The zero-order valence-corrected chi connectivity index (χ0v) is 16.8. The van der Waals surface area contributed by atoms with Gasteiger partial charge in [0, 0.05) is 0 Å². The van der Waals surface area contributed by atoms with Crippen molar-refractivity contribution in [3.63, 3.8) is 0 Å². The summed E-state index contributed by atoms with van der Waals surface area (Å²) in [6, 6.07) is 10.9. The molecule has 0 spiro atoms. The van der Waals surface area contributed by atoms with E-state index in [2.05, 4.69) is 34.5 Å². The summed E-state index contributed by atoms with van der Waals surface area (Å²) in [6.07, 6.45) is 10.5. The third-order valence-electron chi connectivity index (χ3n) is 3.53. The minimum absolute atomic E-state index is 0.0292. The number of hydrogen-bond acceptors (Lipinski definition) is 3. The summed E-state index contributed by atoms with van der Waals surface area (Å²) >= 11 is 0.0292. The molecule has 0 atom stereocenters. The van der Waals surface area contributed by atoms with E-state index in [1.807, 2.05) is 0 Å². The number of hydrogen-bond donors (Lipinski definition) is 1. The monoisotopic (exact) mass is 458 g/mol. The Morgan fingerprint density at radius 2 is 1.35 bits per heavy atom. The van der Waals surface area contributed by atoms with Crippen molar-refractivity contribution in [2.24, 2.45) is 0 Å². The maximum absolute atomic E-state index is 10.3. The Labute approximate surface area is 151 Å². The van der Waals surface area contributed by atoms with Crippen LogP contribution in [0.3, 0.4) is 0 Å². The van der Waals surface area contributed by atoms with E-state index >= 15 is 0 Å². The first-order chi connectivity index (χ1) is 11.1. The van der Waals surface area contributed by atoms with Crippen LogP contribution in [0, 0.1) is 0 Å². The molecule has 4 nitrogen and oxygen atoms in total. The van der Waals surface area contributed by atoms with Crippen molar-refractivity contribution in [1.82, 2.24) is 0 Å². The van der Waals surface area contributed by atoms with Gasteiger partial charge in [0.15, 0.2) is 0 Å². The molecule has 6 heteroatoms. The van der Waals surface area contributed by atoms with E-state index in [4.69, 9.17) is 4.55 Å². The third-order valence-corrected chi connectivity index (χ3v) is 7.13. The van der Waals surface area contributed by atoms with Crippen molar-refractivity contribution in [1.29, 1.82) is 0 Å². The van der Waals surface area contributed by atoms with Crippen LogP contribution in [0.1, 0.15) is 57.8 Å². The quantitative estimate of drug-likeness (QED) is 0.263. The minimum atomic E-state index is -4.25. The molecule has 0 aliphatic carbocycles. The van der Waals surface area contributed by atoms with Gasteiger partial charge in [-0.2, -0.15) is 8.42 Å². The molecule has 1 N–H and O–H groups in total. The van der Waals surface area contributed by atoms with E-state index in [1.54, 1.807) is 3.61 Å². The SMILES string of the molecule is O=S(=O)(O)OCCCCCCCCCCC[Te]c1ccccc1. The molecule has 23 heavy (non-hydrogen) atoms. The first-order valence-corrected chi connectivity index (χ1v) is 12.6. The van der Waals surface area contributed by atoms with E-state index in [0.717, 1.165) is 12.8 Å². The Bertz CT molecular complexity index is 491. The van der Waals surface area contributed by atoms with Crippen molar-refractivity contribution >= 4 is 34.9 Å². The fraction of sp³-hybridized carbons (Fsp3) is 0.647. The second-order valence-electron chi connectivity index (χ2n) is 5.59. The third kappa shape index (κ3) is 14.0. The zero-order chi connectivity index (χ0) is 16.8. The van der Waals surface area contributed by atoms with Gasteiger partial charge in [-0.25, -0.2) is 0 Å². The van der Waals surface area contributed by atoms with E-state index in [1.165, 1.54) is 43.0 Å². The molecular weight excluding hydrogens is 428 g/mol. The number of unbranched alkanes of at least 4 members (excludes halogenated alkanes) is 8. The molecular formula is C17H28O4STe. The summed E-state index contributed by atoms with van der Waals surface area (Å²) in [4.78, 5) is 0. The van der Waals surface area contributed by atoms with Gasteiger partial charge in [0.2, 0.25) is 0 Å². The van der Waals surface area contributed by atoms with Gasteiger partial charge in [-0.15, -0.1) is 0 Å². The predicted molar refractivity (Wildman–Crippen MR) is 95.7 cm³/mol. The fourth-order valence-corrected chi connectivity index (χ4v) is 5.31. The summed E-state index contributed by atoms with van der Waals surface area (Å²) in [7, 11) is -4.25. The van der Waals surface area contributed by atoms with Gasteiger partial charge >= 0.3 is 138 Å². The molecule has 0 amide bonds. The Balaban J connectivity index is 1.78. The first kappa shape index (κ1) is 20.9. The second kappa shape index (κ2) is 13.2. The van der Waals surface area contributed by atoms with Crippen LogP contribution >= 0.6 is 0 Å². The fourth-order valence-electron chi connectivity index (χ4n) is 2.31. The predicted octanol–water partition coefficient (Wildman–Crippen LogP) is 3.76. The van der Waals surface area contributed by atoms with Crippen LogP contribution in [-0.2, 0) is 14.6 Å². The molecule has 1 aromatic rings. The van der Waals surface area contributed by atoms with Crippen LogP contribution in [0.25, 0.3) is 0 Å². The molecule has 0 aliphatic rings. The van der Waals surface area contributed by atoms with Crippen molar-refractivity contribution in [2.75, 3.05) is 6.61 Å². The molecule has 0 bridgehead atoms. The van der Waals surface area contributed by atoms with Gasteiger partial charge in [-0.3, -0.25) is 4.55 Å². The summed E-state index contributed by atoms with van der Waals surface area (Å²) in [5, 5.41) is 0. The van der Waals surface area contributed by atoms with Crippen molar-refractivity contribution in [3.8, 4) is 0 Å². The Kier molecular flexibility index (Phi) is 12.0. The van der Waals surface area contributed by atoms with Crippen LogP contribution in [0.15, 0.2) is 30.3 Å². The first-order valence-electron chi connectivity index (χ1n) is 8.37. The van der Waals surface area contributed by atoms with Gasteiger partial charge in [0.1, 0.15) is 0 Å². The van der Waals surface area contributed by atoms with Gasteiger partial charge in [0.05, 0.1) is 0 Å². The molecule has 0 saturated heterocycles. The van der Waals surface area contributed by atoms with E-state index in [-0.39, 0.29) is 27.5 Å². The van der Waals surface area contributed by atoms with Crippen LogP contribution in [0.2, 0.25) is 4.47 Å². The number of benzene rings is 1. The molecule has 0 fully saturated rings. The molecule has 1 rings (SSSR count). The van der Waals surface area contributed by atoms with Crippen LogP contribution < -0.4 is 3.61 Å². The summed E-state index contributed by atoms with van der Waals surface area (Å²) in [6.45, 7) is 0.0872. The summed E-state index contributed by atoms with van der Waals surface area (Å²) in [5.74, 6) is 0. The van der Waals surface area contributed by atoms with E-state index in [0.29, 0.717) is 6.42 Å². The van der Waals surface area contributed by atoms with Gasteiger partial charge in [-0.05, 0) is 0 Å². The zero-order valence-electron chi connectivity index (χ0n) is 13.7. The number of rotatable bonds is 14. The Morgan fingerprint density at radius 1 is 0.826 bits per heavy atom. The second-order valence-corrected chi connectivity index (χ2v) is 10.0. The molecule has 0 radical (unpaired) electrons. The Hall–Kier alpha value is -0.120. The van der Waals surface area contributed by atoms with Gasteiger partial charge in [-0.1, -0.05) is 0 Å². The van der Waals surface area contributed by atoms with Gasteiger partial charge < -0.3 is 0 Å². The standard InChI is InChI=1S/C17H28O4STe/c18-22(19,20)21-15-11-6-4-2-1-3-5-7-12-16-23-17-13-9-8-10-14-17/h8-10,13-14H,1-7,11-12,15-16H2,(H,18,19,20).